The maximum Gasteiger partial charge on any atom is 0.102 e. The fraction of sp³-hybridized carbons (Fsp3) is 0.0769. The predicted octanol–water partition coefficient (Wildman–Crippen LogP) is 2.73. The highest BCUT2D eigenvalue weighted by Crippen LogP contribution is 2.25. The monoisotopic (exact) mass is 207 g/mol. The predicted molar refractivity (Wildman–Crippen MR) is 60.4 cm³/mol. The molecule has 1 aromatic heterocycles. The molecular weight excluding hydrogens is 198 g/mol. The SMILES string of the molecule is Cc1[nH]cc(-c2ccc(C#N)cc2)c1C#N. The summed E-state index contributed by atoms with van der Waals surface area (Å²) in [5, 5.41) is 17.7. The molecule has 1 aromatic carbocycles. The minimum Gasteiger partial charge on any atom is -0.363 e. The van der Waals surface area contributed by atoms with Crippen molar-refractivity contribution < 1.29 is 0 Å². The summed E-state index contributed by atoms with van der Waals surface area (Å²) < 4.78 is 0. The lowest BCUT2D eigenvalue weighted by Gasteiger charge is -1.98. The Hall–Kier alpha value is -2.52. The van der Waals surface area contributed by atoms with Crippen molar-refractivity contribution in [2.45, 2.75) is 6.92 Å². The van der Waals surface area contributed by atoms with Gasteiger partial charge in [-0.05, 0) is 24.6 Å². The van der Waals surface area contributed by atoms with Crippen LogP contribution in [0.3, 0.4) is 0 Å². The van der Waals surface area contributed by atoms with Gasteiger partial charge in [0.25, 0.3) is 0 Å². The van der Waals surface area contributed by atoms with Gasteiger partial charge in [-0.3, -0.25) is 0 Å². The molecule has 1 N–H and O–H groups in total. The van der Waals surface area contributed by atoms with Crippen LogP contribution in [0.1, 0.15) is 16.8 Å². The first-order valence-electron chi connectivity index (χ1n) is 4.85. The van der Waals surface area contributed by atoms with Gasteiger partial charge in [-0.15, -0.1) is 0 Å². The van der Waals surface area contributed by atoms with E-state index < -0.39 is 0 Å². The lowest BCUT2D eigenvalue weighted by Crippen LogP contribution is -1.81. The first kappa shape index (κ1) is 10.0. The van der Waals surface area contributed by atoms with Crippen LogP contribution >= 0.6 is 0 Å². The molecule has 2 rings (SSSR count). The fourth-order valence-corrected chi connectivity index (χ4v) is 1.62. The van der Waals surface area contributed by atoms with Crippen molar-refractivity contribution in [3.8, 4) is 23.3 Å². The number of aryl methyl sites for hydroxylation is 1. The maximum atomic E-state index is 9.03. The molecule has 0 bridgehead atoms. The van der Waals surface area contributed by atoms with Crippen molar-refractivity contribution >= 4 is 0 Å². The number of aromatic nitrogens is 1. The largest absolute Gasteiger partial charge is 0.363 e. The van der Waals surface area contributed by atoms with E-state index in [1.807, 2.05) is 25.3 Å². The second-order valence-corrected chi connectivity index (χ2v) is 3.50. The van der Waals surface area contributed by atoms with Crippen LogP contribution in [0.15, 0.2) is 30.5 Å². The molecule has 0 aliphatic carbocycles. The molecule has 0 saturated heterocycles. The average molecular weight is 207 g/mol. The van der Waals surface area contributed by atoms with E-state index in [2.05, 4.69) is 17.1 Å². The van der Waals surface area contributed by atoms with Crippen LogP contribution in [0.2, 0.25) is 0 Å². The van der Waals surface area contributed by atoms with Crippen molar-refractivity contribution in [1.29, 1.82) is 10.5 Å². The Morgan fingerprint density at radius 2 is 1.75 bits per heavy atom. The Morgan fingerprint density at radius 3 is 2.31 bits per heavy atom. The molecule has 0 aliphatic rings. The van der Waals surface area contributed by atoms with E-state index in [0.717, 1.165) is 16.8 Å². The molecule has 0 saturated carbocycles. The highest BCUT2D eigenvalue weighted by molar-refractivity contribution is 5.71. The van der Waals surface area contributed by atoms with Gasteiger partial charge in [0.2, 0.25) is 0 Å². The van der Waals surface area contributed by atoms with Gasteiger partial charge in [0.1, 0.15) is 6.07 Å². The van der Waals surface area contributed by atoms with E-state index in [0.29, 0.717) is 11.1 Å². The molecular formula is C13H9N3. The van der Waals surface area contributed by atoms with E-state index in [1.165, 1.54) is 0 Å². The quantitative estimate of drug-likeness (QED) is 0.781. The smallest absolute Gasteiger partial charge is 0.102 e. The summed E-state index contributed by atoms with van der Waals surface area (Å²) in [6.45, 7) is 1.87. The van der Waals surface area contributed by atoms with E-state index in [-0.39, 0.29) is 0 Å². The van der Waals surface area contributed by atoms with Crippen LogP contribution < -0.4 is 0 Å². The zero-order valence-electron chi connectivity index (χ0n) is 8.78. The van der Waals surface area contributed by atoms with E-state index in [1.54, 1.807) is 12.1 Å². The lowest BCUT2D eigenvalue weighted by molar-refractivity contribution is 1.25. The van der Waals surface area contributed by atoms with Crippen LogP contribution in [0.4, 0.5) is 0 Å². The standard InChI is InChI=1S/C13H9N3/c1-9-12(7-15)13(8-16-9)11-4-2-10(6-14)3-5-11/h2-5,8,16H,1H3. The summed E-state index contributed by atoms with van der Waals surface area (Å²) in [6, 6.07) is 11.4. The molecule has 1 heterocycles. The lowest BCUT2D eigenvalue weighted by atomic mass is 10.0. The average Bonchev–Trinajstić information content (AvgIpc) is 2.70. The first-order chi connectivity index (χ1) is 7.76. The molecule has 76 valence electrons. The third-order valence-corrected chi connectivity index (χ3v) is 2.51. The van der Waals surface area contributed by atoms with Gasteiger partial charge in [-0.1, -0.05) is 12.1 Å². The molecule has 0 atom stereocenters. The summed E-state index contributed by atoms with van der Waals surface area (Å²) in [4.78, 5) is 3.03. The van der Waals surface area contributed by atoms with Gasteiger partial charge in [0, 0.05) is 17.5 Å². The van der Waals surface area contributed by atoms with Crippen molar-refractivity contribution in [2.75, 3.05) is 0 Å². The molecule has 2 aromatic rings. The summed E-state index contributed by atoms with van der Waals surface area (Å²) in [5.74, 6) is 0. The van der Waals surface area contributed by atoms with Gasteiger partial charge in [-0.2, -0.15) is 10.5 Å². The molecule has 0 fully saturated rings. The highest BCUT2D eigenvalue weighted by atomic mass is 14.7. The van der Waals surface area contributed by atoms with Gasteiger partial charge >= 0.3 is 0 Å². The Morgan fingerprint density at radius 1 is 1.06 bits per heavy atom. The third kappa shape index (κ3) is 1.55. The molecule has 3 nitrogen and oxygen atoms in total. The number of nitrogens with one attached hydrogen (secondary N) is 1. The fourth-order valence-electron chi connectivity index (χ4n) is 1.62. The number of aromatic amines is 1. The Kier molecular flexibility index (Phi) is 2.45. The summed E-state index contributed by atoms with van der Waals surface area (Å²) >= 11 is 0. The minimum absolute atomic E-state index is 0.620. The van der Waals surface area contributed by atoms with Crippen molar-refractivity contribution in [2.24, 2.45) is 0 Å². The molecule has 0 radical (unpaired) electrons. The summed E-state index contributed by atoms with van der Waals surface area (Å²) in [5.41, 5.74) is 3.96. The Bertz CT molecular complexity index is 592. The zero-order valence-corrected chi connectivity index (χ0v) is 8.78. The van der Waals surface area contributed by atoms with Gasteiger partial charge in [0.05, 0.1) is 17.2 Å². The van der Waals surface area contributed by atoms with Crippen LogP contribution in [-0.4, -0.2) is 4.98 Å². The highest BCUT2D eigenvalue weighted by Gasteiger charge is 2.09. The van der Waals surface area contributed by atoms with Crippen molar-refractivity contribution in [1.82, 2.24) is 4.98 Å². The number of hydrogen-bond donors (Lipinski definition) is 1. The first-order valence-corrected chi connectivity index (χ1v) is 4.85. The number of benzene rings is 1. The van der Waals surface area contributed by atoms with Gasteiger partial charge in [0.15, 0.2) is 0 Å². The molecule has 0 unspecified atom stereocenters. The molecule has 0 spiro atoms. The van der Waals surface area contributed by atoms with Crippen LogP contribution in [-0.2, 0) is 0 Å². The van der Waals surface area contributed by atoms with Crippen molar-refractivity contribution in [3.05, 3.63) is 47.3 Å². The molecule has 3 heteroatoms. The van der Waals surface area contributed by atoms with Gasteiger partial charge < -0.3 is 4.98 Å². The number of nitrogens with zero attached hydrogens (tertiary/aromatic N) is 2. The number of hydrogen-bond acceptors (Lipinski definition) is 2. The van der Waals surface area contributed by atoms with E-state index >= 15 is 0 Å². The van der Waals surface area contributed by atoms with E-state index in [9.17, 15) is 0 Å². The number of nitriles is 2. The molecule has 0 aliphatic heterocycles. The molecule has 0 amide bonds. The number of H-pyrrole nitrogens is 1. The number of rotatable bonds is 1. The van der Waals surface area contributed by atoms with Crippen LogP contribution in [0, 0.1) is 29.6 Å². The maximum absolute atomic E-state index is 9.03. The topological polar surface area (TPSA) is 63.4 Å². The normalized spacial score (nSPS) is 9.44. The van der Waals surface area contributed by atoms with Crippen LogP contribution in [0.5, 0.6) is 0 Å². The summed E-state index contributed by atoms with van der Waals surface area (Å²) in [7, 11) is 0. The zero-order chi connectivity index (χ0) is 11.5. The third-order valence-electron chi connectivity index (χ3n) is 2.51. The van der Waals surface area contributed by atoms with Crippen LogP contribution in [0.25, 0.3) is 11.1 Å². The second-order valence-electron chi connectivity index (χ2n) is 3.50. The molecule has 16 heavy (non-hydrogen) atoms. The van der Waals surface area contributed by atoms with Crippen molar-refractivity contribution in [3.63, 3.8) is 0 Å². The van der Waals surface area contributed by atoms with Gasteiger partial charge in [-0.25, -0.2) is 0 Å². The Labute approximate surface area is 93.6 Å². The van der Waals surface area contributed by atoms with E-state index in [4.69, 9.17) is 10.5 Å². The Balaban J connectivity index is 2.52. The minimum atomic E-state index is 0.620. The second kappa shape index (κ2) is 3.92. The summed E-state index contributed by atoms with van der Waals surface area (Å²) in [6.07, 6.45) is 1.81.